The molecule has 150 valence electrons. The van der Waals surface area contributed by atoms with Crippen LogP contribution in [0.25, 0.3) is 0 Å². The van der Waals surface area contributed by atoms with Crippen LogP contribution in [0.15, 0.2) is 29.4 Å². The minimum absolute atomic E-state index is 0.00186. The van der Waals surface area contributed by atoms with Crippen LogP contribution < -0.4 is 10.2 Å². The number of rotatable bonds is 6. The summed E-state index contributed by atoms with van der Waals surface area (Å²) in [5.74, 6) is 1.77. The molecule has 1 aromatic heterocycles. The second-order valence-electron chi connectivity index (χ2n) is 8.12. The van der Waals surface area contributed by atoms with Gasteiger partial charge in [-0.1, -0.05) is 36.9 Å². The van der Waals surface area contributed by atoms with Crippen molar-refractivity contribution in [2.24, 2.45) is 5.92 Å². The van der Waals surface area contributed by atoms with Gasteiger partial charge in [-0.25, -0.2) is 0 Å². The molecule has 0 radical (unpaired) electrons. The molecular weight excluding hydrogens is 370 g/mol. The molecule has 0 bridgehead atoms. The monoisotopic (exact) mass is 399 g/mol. The molecule has 6 nitrogen and oxygen atoms in total. The zero-order chi connectivity index (χ0) is 19.7. The van der Waals surface area contributed by atoms with Crippen LogP contribution in [0.2, 0.25) is 0 Å². The van der Waals surface area contributed by atoms with Crippen LogP contribution in [0, 0.1) is 12.8 Å². The summed E-state index contributed by atoms with van der Waals surface area (Å²) in [5, 5.41) is 12.7. The number of nitrogens with zero attached hydrogens (tertiary/aromatic N) is 4. The number of hydrogen-bond donors (Lipinski definition) is 1. The fourth-order valence-corrected chi connectivity index (χ4v) is 4.50. The molecule has 1 atom stereocenters. The highest BCUT2D eigenvalue weighted by atomic mass is 32.2. The molecule has 1 saturated carbocycles. The third-order valence-corrected chi connectivity index (χ3v) is 6.74. The largest absolute Gasteiger partial charge is 0.341 e. The average molecular weight is 400 g/mol. The quantitative estimate of drug-likeness (QED) is 0.735. The maximum absolute atomic E-state index is 12.7. The minimum atomic E-state index is -0.240. The average Bonchev–Trinajstić information content (AvgIpc) is 3.44. The van der Waals surface area contributed by atoms with E-state index in [1.807, 2.05) is 38.1 Å². The minimum Gasteiger partial charge on any atom is -0.341 e. The van der Waals surface area contributed by atoms with Crippen LogP contribution in [0.5, 0.6) is 0 Å². The molecule has 1 aliphatic heterocycles. The fourth-order valence-electron chi connectivity index (χ4n) is 3.59. The summed E-state index contributed by atoms with van der Waals surface area (Å²) >= 11 is 1.51. The second kappa shape index (κ2) is 8.15. The topological polar surface area (TPSA) is 63.1 Å². The molecule has 2 aliphatic rings. The number of nitrogens with one attached hydrogen (secondary N) is 1. The van der Waals surface area contributed by atoms with Gasteiger partial charge < -0.3 is 10.2 Å². The highest BCUT2D eigenvalue weighted by Crippen LogP contribution is 2.42. The summed E-state index contributed by atoms with van der Waals surface area (Å²) in [4.78, 5) is 15.1. The molecular formula is C21H29N5OS. The summed E-state index contributed by atoms with van der Waals surface area (Å²) in [6, 6.07) is 8.34. The summed E-state index contributed by atoms with van der Waals surface area (Å²) in [6.07, 6.45) is 4.75. The van der Waals surface area contributed by atoms with E-state index in [1.54, 1.807) is 0 Å². The van der Waals surface area contributed by atoms with E-state index in [4.69, 9.17) is 0 Å². The Bertz CT molecular complexity index is 839. The van der Waals surface area contributed by atoms with E-state index in [2.05, 4.69) is 31.9 Å². The number of aromatic nitrogens is 3. The number of benzene rings is 1. The summed E-state index contributed by atoms with van der Waals surface area (Å²) in [6.45, 7) is 8.34. The van der Waals surface area contributed by atoms with E-state index in [9.17, 15) is 4.79 Å². The van der Waals surface area contributed by atoms with E-state index in [0.29, 0.717) is 6.04 Å². The molecule has 1 N–H and O–H groups in total. The van der Waals surface area contributed by atoms with Crippen molar-refractivity contribution >= 4 is 29.3 Å². The number of anilines is 2. The standard InChI is InChI=1S/C21H29N5OS/c1-14-10-12-25(13-11-14)20-23-24-21(26(20)17-8-9-17)28-16(3)19(27)22-18-7-5-4-6-15(18)2/h4-7,14,16-17H,8-13H2,1-3H3,(H,22,27)/t16-/m0/s1. The highest BCUT2D eigenvalue weighted by molar-refractivity contribution is 8.00. The van der Waals surface area contributed by atoms with Crippen molar-refractivity contribution in [1.29, 1.82) is 0 Å². The number of hydrogen-bond acceptors (Lipinski definition) is 5. The lowest BCUT2D eigenvalue weighted by atomic mass is 10.00. The normalized spacial score (nSPS) is 18.9. The van der Waals surface area contributed by atoms with E-state index in [0.717, 1.165) is 41.4 Å². The fraction of sp³-hybridized carbons (Fsp3) is 0.571. The third kappa shape index (κ3) is 4.19. The lowest BCUT2D eigenvalue weighted by molar-refractivity contribution is -0.115. The molecule has 2 heterocycles. The molecule has 0 unspecified atom stereocenters. The lowest BCUT2D eigenvalue weighted by Gasteiger charge is -2.31. The van der Waals surface area contributed by atoms with Gasteiger partial charge in [-0.15, -0.1) is 10.2 Å². The highest BCUT2D eigenvalue weighted by Gasteiger charge is 2.33. The number of aryl methyl sites for hydroxylation is 1. The number of carbonyl (C=O) groups is 1. The summed E-state index contributed by atoms with van der Waals surface area (Å²) < 4.78 is 2.28. The number of carbonyl (C=O) groups excluding carboxylic acids is 1. The van der Waals surface area contributed by atoms with Gasteiger partial charge in [0.1, 0.15) is 0 Å². The Morgan fingerprint density at radius 3 is 2.57 bits per heavy atom. The predicted molar refractivity (Wildman–Crippen MR) is 114 cm³/mol. The van der Waals surface area contributed by atoms with Crippen LogP contribution in [0.4, 0.5) is 11.6 Å². The van der Waals surface area contributed by atoms with Crippen molar-refractivity contribution in [1.82, 2.24) is 14.8 Å². The Morgan fingerprint density at radius 2 is 1.89 bits per heavy atom. The lowest BCUT2D eigenvalue weighted by Crippen LogP contribution is -2.34. The van der Waals surface area contributed by atoms with Crippen molar-refractivity contribution < 1.29 is 4.79 Å². The van der Waals surface area contributed by atoms with Gasteiger partial charge in [0, 0.05) is 24.8 Å². The first kappa shape index (κ1) is 19.3. The first-order valence-corrected chi connectivity index (χ1v) is 11.1. The third-order valence-electron chi connectivity index (χ3n) is 5.68. The predicted octanol–water partition coefficient (Wildman–Crippen LogP) is 4.28. The second-order valence-corrected chi connectivity index (χ2v) is 9.43. The van der Waals surface area contributed by atoms with Crippen molar-refractivity contribution in [2.75, 3.05) is 23.3 Å². The van der Waals surface area contributed by atoms with Crippen LogP contribution >= 0.6 is 11.8 Å². The summed E-state index contributed by atoms with van der Waals surface area (Å²) in [5.41, 5.74) is 1.93. The molecule has 1 aliphatic carbocycles. The molecule has 1 saturated heterocycles. The summed E-state index contributed by atoms with van der Waals surface area (Å²) in [7, 11) is 0. The van der Waals surface area contributed by atoms with Crippen molar-refractivity contribution in [3.05, 3.63) is 29.8 Å². The number of amides is 1. The van der Waals surface area contributed by atoms with E-state index in [-0.39, 0.29) is 11.2 Å². The Labute approximate surface area is 171 Å². The SMILES string of the molecule is Cc1ccccc1NC(=O)[C@H](C)Sc1nnc(N2CCC(C)CC2)n1C1CC1. The van der Waals surface area contributed by atoms with Crippen LogP contribution in [-0.2, 0) is 4.79 Å². The van der Waals surface area contributed by atoms with Gasteiger partial charge in [0.05, 0.1) is 5.25 Å². The Hall–Kier alpha value is -2.02. The van der Waals surface area contributed by atoms with Gasteiger partial charge in [0.25, 0.3) is 0 Å². The Kier molecular flexibility index (Phi) is 5.62. The molecule has 0 spiro atoms. The van der Waals surface area contributed by atoms with Gasteiger partial charge in [-0.3, -0.25) is 9.36 Å². The molecule has 28 heavy (non-hydrogen) atoms. The molecule has 4 rings (SSSR count). The van der Waals surface area contributed by atoms with Crippen LogP contribution in [-0.4, -0.2) is 39.0 Å². The van der Waals surface area contributed by atoms with Crippen molar-refractivity contribution in [2.45, 2.75) is 62.9 Å². The van der Waals surface area contributed by atoms with Gasteiger partial charge >= 0.3 is 0 Å². The zero-order valence-corrected chi connectivity index (χ0v) is 17.7. The molecule has 2 fully saturated rings. The molecule has 1 amide bonds. The van der Waals surface area contributed by atoms with Gasteiger partial charge in [0.15, 0.2) is 5.16 Å². The van der Waals surface area contributed by atoms with Crippen molar-refractivity contribution in [3.8, 4) is 0 Å². The van der Waals surface area contributed by atoms with Crippen LogP contribution in [0.1, 0.15) is 51.1 Å². The number of para-hydroxylation sites is 1. The first-order chi connectivity index (χ1) is 13.5. The van der Waals surface area contributed by atoms with Crippen molar-refractivity contribution in [3.63, 3.8) is 0 Å². The molecule has 7 heteroatoms. The maximum atomic E-state index is 12.7. The van der Waals surface area contributed by atoms with E-state index >= 15 is 0 Å². The van der Waals surface area contributed by atoms with Gasteiger partial charge in [-0.2, -0.15) is 0 Å². The Morgan fingerprint density at radius 1 is 1.18 bits per heavy atom. The molecule has 2 aromatic rings. The van der Waals surface area contributed by atoms with Gasteiger partial charge in [-0.05, 0) is 57.1 Å². The maximum Gasteiger partial charge on any atom is 0.237 e. The van der Waals surface area contributed by atoms with Crippen LogP contribution in [0.3, 0.4) is 0 Å². The number of thioether (sulfide) groups is 1. The van der Waals surface area contributed by atoms with E-state index < -0.39 is 0 Å². The smallest absolute Gasteiger partial charge is 0.237 e. The Balaban J connectivity index is 1.47. The zero-order valence-electron chi connectivity index (χ0n) is 16.9. The first-order valence-electron chi connectivity index (χ1n) is 10.3. The van der Waals surface area contributed by atoms with E-state index in [1.165, 1.54) is 37.4 Å². The number of piperidine rings is 1. The molecule has 1 aromatic carbocycles. The van der Waals surface area contributed by atoms with Gasteiger partial charge in [0.2, 0.25) is 11.9 Å².